The Kier molecular flexibility index (Phi) is 21.7. The van der Waals surface area contributed by atoms with Crippen LogP contribution in [0.25, 0.3) is 0 Å². The predicted octanol–water partition coefficient (Wildman–Crippen LogP) is 3.88. The molecule has 0 aliphatic carbocycles. The molecule has 0 aromatic carbocycles. The highest BCUT2D eigenvalue weighted by Gasteiger charge is 2.40. The summed E-state index contributed by atoms with van der Waals surface area (Å²) < 4.78 is 31.6. The maximum Gasteiger partial charge on any atom is 0.310 e. The van der Waals surface area contributed by atoms with Gasteiger partial charge in [-0.3, -0.25) is 33.6 Å². The molecule has 2 unspecified atom stereocenters. The molecule has 0 aliphatic rings. The van der Waals surface area contributed by atoms with Crippen LogP contribution in [0.2, 0.25) is 0 Å². The lowest BCUT2D eigenvalue weighted by molar-refractivity contribution is -0.172. The molecule has 14 nitrogen and oxygen atoms in total. The zero-order valence-electron chi connectivity index (χ0n) is 29.3. The Balaban J connectivity index is 5.23. The lowest BCUT2D eigenvalue weighted by Crippen LogP contribution is -2.49. The van der Waals surface area contributed by atoms with Gasteiger partial charge in [-0.05, 0) is 46.5 Å². The van der Waals surface area contributed by atoms with Crippen molar-refractivity contribution in [2.75, 3.05) is 19.8 Å². The van der Waals surface area contributed by atoms with Crippen LogP contribution < -0.4 is 5.32 Å². The van der Waals surface area contributed by atoms with Gasteiger partial charge in [0.15, 0.2) is 6.10 Å². The third-order valence-corrected chi connectivity index (χ3v) is 6.41. The van der Waals surface area contributed by atoms with E-state index >= 15 is 0 Å². The summed E-state index contributed by atoms with van der Waals surface area (Å²) in [7, 11) is 0. The fraction of sp³-hybridized carbons (Fsp3) is 0.788. The molecular formula is C33H55NO13. The van der Waals surface area contributed by atoms with Gasteiger partial charge in [-0.2, -0.15) is 0 Å². The minimum Gasteiger partial charge on any atom is -0.466 e. The van der Waals surface area contributed by atoms with Gasteiger partial charge in [0.1, 0.15) is 24.9 Å². The van der Waals surface area contributed by atoms with Crippen LogP contribution in [-0.2, 0) is 62.0 Å². The van der Waals surface area contributed by atoms with Crippen LogP contribution in [0.5, 0.6) is 0 Å². The summed E-state index contributed by atoms with van der Waals surface area (Å²) in [6, 6.07) is 0. The minimum atomic E-state index is -1.41. The summed E-state index contributed by atoms with van der Waals surface area (Å²) in [5.41, 5.74) is -1.21. The number of esters is 6. The molecule has 0 radical (unpaired) electrons. The van der Waals surface area contributed by atoms with Crippen LogP contribution in [0.4, 0.5) is 0 Å². The Labute approximate surface area is 278 Å². The first-order valence-electron chi connectivity index (χ1n) is 16.4. The highest BCUT2D eigenvalue weighted by atomic mass is 16.6. The van der Waals surface area contributed by atoms with Crippen LogP contribution in [0.3, 0.4) is 0 Å². The lowest BCUT2D eigenvalue weighted by Gasteiger charge is -2.32. The number of hydrogen-bond donors (Lipinski definition) is 1. The van der Waals surface area contributed by atoms with Crippen molar-refractivity contribution >= 4 is 41.7 Å². The molecule has 14 heteroatoms. The fourth-order valence-corrected chi connectivity index (χ4v) is 4.06. The molecule has 1 N–H and O–H groups in total. The molecule has 0 saturated heterocycles. The van der Waals surface area contributed by atoms with Crippen molar-refractivity contribution in [1.82, 2.24) is 5.32 Å². The lowest BCUT2D eigenvalue weighted by atomic mass is 9.86. The second kappa shape index (κ2) is 23.6. The average molecular weight is 674 g/mol. The number of hydrogen-bond acceptors (Lipinski definition) is 13. The quantitative estimate of drug-likeness (QED) is 0.0884. The van der Waals surface area contributed by atoms with Crippen molar-refractivity contribution in [3.8, 4) is 0 Å². The number of rotatable bonds is 24. The Morgan fingerprint density at radius 2 is 0.979 bits per heavy atom. The van der Waals surface area contributed by atoms with Crippen LogP contribution in [-0.4, -0.2) is 85.9 Å². The third kappa shape index (κ3) is 20.9. The SMILES string of the molecule is CCCC(=O)OC(C)CC(=O)OCCCNC(=O)C(OC(=O)C[C@@H](C)OC(=O)CCC)C(C)(C)COC(=O)C[C@@H](C)OC(=O)CCC. The summed E-state index contributed by atoms with van der Waals surface area (Å²) in [6.07, 6.45) is -1.45. The van der Waals surface area contributed by atoms with E-state index in [-0.39, 0.29) is 64.7 Å². The van der Waals surface area contributed by atoms with Crippen molar-refractivity contribution in [1.29, 1.82) is 0 Å². The Bertz CT molecular complexity index is 1030. The molecule has 0 aromatic heterocycles. The van der Waals surface area contributed by atoms with E-state index in [2.05, 4.69) is 5.32 Å². The first-order valence-corrected chi connectivity index (χ1v) is 16.4. The number of carbonyl (C=O) groups is 7. The summed E-state index contributed by atoms with van der Waals surface area (Å²) >= 11 is 0. The van der Waals surface area contributed by atoms with E-state index in [0.29, 0.717) is 19.3 Å². The molecule has 0 fully saturated rings. The first-order chi connectivity index (χ1) is 22.0. The standard InChI is InChI=1S/C33H55NO13/c1-9-13-25(35)44-22(4)18-28(38)42-17-12-16-34-32(41)31(47-30(40)20-24(6)46-27(37)15-11-3)33(7,8)21-43-29(39)19-23(5)45-26(36)14-10-2/h22-24,31H,9-21H2,1-8H3,(H,34,41)/t22?,23-,24-,31?/m1/s1. The molecule has 270 valence electrons. The number of carbonyl (C=O) groups excluding carboxylic acids is 7. The highest BCUT2D eigenvalue weighted by molar-refractivity contribution is 5.85. The maximum absolute atomic E-state index is 13.2. The Morgan fingerprint density at radius 1 is 0.574 bits per heavy atom. The Morgan fingerprint density at radius 3 is 1.40 bits per heavy atom. The van der Waals surface area contributed by atoms with Crippen LogP contribution in [0.1, 0.15) is 120 Å². The molecule has 1 amide bonds. The summed E-state index contributed by atoms with van der Waals surface area (Å²) in [5.74, 6) is -4.00. The molecule has 0 aliphatic heterocycles. The van der Waals surface area contributed by atoms with Gasteiger partial charge in [-0.15, -0.1) is 0 Å². The van der Waals surface area contributed by atoms with E-state index in [4.69, 9.17) is 28.4 Å². The van der Waals surface area contributed by atoms with E-state index in [9.17, 15) is 33.6 Å². The smallest absolute Gasteiger partial charge is 0.310 e. The third-order valence-electron chi connectivity index (χ3n) is 6.41. The zero-order valence-corrected chi connectivity index (χ0v) is 29.3. The summed E-state index contributed by atoms with van der Waals surface area (Å²) in [5, 5.41) is 2.64. The molecule has 4 atom stereocenters. The topological polar surface area (TPSA) is 187 Å². The van der Waals surface area contributed by atoms with Gasteiger partial charge in [0.25, 0.3) is 5.91 Å². The van der Waals surface area contributed by atoms with E-state index in [0.717, 1.165) is 0 Å². The van der Waals surface area contributed by atoms with Gasteiger partial charge in [-0.25, -0.2) is 0 Å². The van der Waals surface area contributed by atoms with Gasteiger partial charge >= 0.3 is 35.8 Å². The molecule has 0 spiro atoms. The molecule has 47 heavy (non-hydrogen) atoms. The van der Waals surface area contributed by atoms with E-state index in [1.165, 1.54) is 6.92 Å². The summed E-state index contributed by atoms with van der Waals surface area (Å²) in [4.78, 5) is 85.7. The van der Waals surface area contributed by atoms with Crippen LogP contribution in [0.15, 0.2) is 0 Å². The van der Waals surface area contributed by atoms with Gasteiger partial charge in [0.05, 0.1) is 25.9 Å². The molecular weight excluding hydrogens is 618 g/mol. The number of ether oxygens (including phenoxy) is 6. The minimum absolute atomic E-state index is 0.0259. The van der Waals surface area contributed by atoms with Gasteiger partial charge in [0, 0.05) is 31.2 Å². The first kappa shape index (κ1) is 43.3. The predicted molar refractivity (Wildman–Crippen MR) is 168 cm³/mol. The maximum atomic E-state index is 13.2. The highest BCUT2D eigenvalue weighted by Crippen LogP contribution is 2.26. The molecule has 0 aromatic rings. The zero-order chi connectivity index (χ0) is 36.0. The molecule has 0 rings (SSSR count). The second-order valence-corrected chi connectivity index (χ2v) is 12.1. The molecule has 0 bridgehead atoms. The van der Waals surface area contributed by atoms with Crippen molar-refractivity contribution in [2.24, 2.45) is 5.41 Å². The monoisotopic (exact) mass is 673 g/mol. The molecule has 0 saturated carbocycles. The fourth-order valence-electron chi connectivity index (χ4n) is 4.06. The average Bonchev–Trinajstić information content (AvgIpc) is 2.94. The molecule has 0 heterocycles. The number of nitrogens with one attached hydrogen (secondary N) is 1. The largest absolute Gasteiger partial charge is 0.466 e. The summed E-state index contributed by atoms with van der Waals surface area (Å²) in [6.45, 7) is 13.0. The van der Waals surface area contributed by atoms with Crippen LogP contribution >= 0.6 is 0 Å². The van der Waals surface area contributed by atoms with Crippen molar-refractivity contribution in [3.05, 3.63) is 0 Å². The normalized spacial score (nSPS) is 13.6. The number of amides is 1. The van der Waals surface area contributed by atoms with E-state index in [1.807, 2.05) is 20.8 Å². The van der Waals surface area contributed by atoms with Gasteiger partial charge < -0.3 is 33.7 Å². The second-order valence-electron chi connectivity index (χ2n) is 12.1. The van der Waals surface area contributed by atoms with Crippen molar-refractivity contribution in [2.45, 2.75) is 144 Å². The van der Waals surface area contributed by atoms with Crippen molar-refractivity contribution in [3.63, 3.8) is 0 Å². The van der Waals surface area contributed by atoms with Crippen LogP contribution in [0, 0.1) is 5.41 Å². The van der Waals surface area contributed by atoms with E-state index in [1.54, 1.807) is 27.7 Å². The van der Waals surface area contributed by atoms with Crippen molar-refractivity contribution < 1.29 is 62.0 Å². The van der Waals surface area contributed by atoms with E-state index < -0.39 is 71.6 Å². The Hall–Kier alpha value is -3.71. The van der Waals surface area contributed by atoms with Gasteiger partial charge in [-0.1, -0.05) is 34.6 Å². The van der Waals surface area contributed by atoms with Gasteiger partial charge in [0.2, 0.25) is 0 Å².